The van der Waals surface area contributed by atoms with Gasteiger partial charge in [0.05, 0.1) is 11.6 Å². The van der Waals surface area contributed by atoms with Crippen LogP contribution in [0.5, 0.6) is 0 Å². The fraction of sp³-hybridized carbons (Fsp3) is 0.515. The van der Waals surface area contributed by atoms with Gasteiger partial charge in [0.25, 0.3) is 5.91 Å². The number of aromatic nitrogens is 1. The van der Waals surface area contributed by atoms with E-state index < -0.39 is 11.9 Å². The van der Waals surface area contributed by atoms with Crippen molar-refractivity contribution >= 4 is 60.3 Å². The van der Waals surface area contributed by atoms with Crippen LogP contribution in [0, 0.1) is 18.8 Å². The van der Waals surface area contributed by atoms with E-state index in [1.165, 1.54) is 11.8 Å². The zero-order chi connectivity index (χ0) is 32.6. The molecule has 2 amide bonds. The highest BCUT2D eigenvalue weighted by molar-refractivity contribution is 7.87. The molecule has 10 nitrogen and oxygen atoms in total. The second-order valence-electron chi connectivity index (χ2n) is 12.5. The van der Waals surface area contributed by atoms with Crippen LogP contribution in [0.1, 0.15) is 75.4 Å². The average molecular weight is 656 g/mol. The molecule has 0 aliphatic carbocycles. The summed E-state index contributed by atoms with van der Waals surface area (Å²) in [5.74, 6) is -0.273. The van der Waals surface area contributed by atoms with Crippen LogP contribution in [0.4, 0.5) is 0 Å². The Balaban J connectivity index is 1.49. The fourth-order valence-electron chi connectivity index (χ4n) is 6.85. The first kappa shape index (κ1) is 33.0. The highest BCUT2D eigenvalue weighted by atomic mass is 32.2. The number of carboxylic acid groups (broad SMARTS) is 2. The van der Waals surface area contributed by atoms with Gasteiger partial charge in [-0.2, -0.15) is 12.6 Å². The standard InChI is InChI=1S/C33H42N4O6S2/c1-15-19(5-7-29(38)39)25(34-22(15)11-24-18(4)31(28-14-45-28)33(43)36-24)13-26-20(6-8-30(40)41)16(2)23(35-26)12-27-21(9-10-44)17(3)32(42)37-27/h12-13,17,21-22,24,28,34-35,44H,5-11,14H2,1-4H3,(H,36,43)(H,37,42)(H,38,39)(H,40,41)/p+1/b25-13+,27-12-/t17-,21-,22?,24-,28-/m1/s1. The van der Waals surface area contributed by atoms with E-state index in [2.05, 4.69) is 33.6 Å². The molecule has 0 spiro atoms. The van der Waals surface area contributed by atoms with E-state index in [9.17, 15) is 29.4 Å². The lowest BCUT2D eigenvalue weighted by atomic mass is 9.91. The van der Waals surface area contributed by atoms with E-state index in [1.54, 1.807) is 0 Å². The Kier molecular flexibility index (Phi) is 9.93. The van der Waals surface area contributed by atoms with Gasteiger partial charge in [-0.1, -0.05) is 6.92 Å². The van der Waals surface area contributed by atoms with Gasteiger partial charge in [0.15, 0.2) is 11.0 Å². The van der Waals surface area contributed by atoms with Crippen LogP contribution in [0.2, 0.25) is 0 Å². The van der Waals surface area contributed by atoms with Crippen LogP contribution in [-0.2, 0) is 37.4 Å². The zero-order valence-corrected chi connectivity index (χ0v) is 27.9. The average Bonchev–Trinajstić information content (AvgIpc) is 3.56. The van der Waals surface area contributed by atoms with Crippen LogP contribution in [0.25, 0.3) is 12.2 Å². The van der Waals surface area contributed by atoms with E-state index >= 15 is 0 Å². The second kappa shape index (κ2) is 13.5. The van der Waals surface area contributed by atoms with Crippen LogP contribution in [0.3, 0.4) is 0 Å². The SMILES string of the molecule is CC1=C(CCC(=O)O)/C(=C\c2[nH]c(/C=C3\NC(=O)[C@H](C)[C@H]3CCS)c(C)c2CCC(=O)O)NC1C[C@H]1NC(=O)C([C@H]2C[SH+]2)=C1C. The van der Waals surface area contributed by atoms with Crippen molar-refractivity contribution in [2.24, 2.45) is 11.8 Å². The van der Waals surface area contributed by atoms with E-state index in [-0.39, 0.29) is 48.6 Å². The third-order valence-corrected chi connectivity index (χ3v) is 10.9. The molecule has 5 rings (SSSR count). The smallest absolute Gasteiger partial charge is 0.303 e. The molecule has 242 valence electrons. The molecular weight excluding hydrogens is 613 g/mol. The van der Waals surface area contributed by atoms with Gasteiger partial charge in [0.1, 0.15) is 0 Å². The maximum absolute atomic E-state index is 12.7. The highest BCUT2D eigenvalue weighted by Gasteiger charge is 2.47. The highest BCUT2D eigenvalue weighted by Crippen LogP contribution is 2.37. The minimum atomic E-state index is -0.899. The van der Waals surface area contributed by atoms with Gasteiger partial charge in [0.2, 0.25) is 5.91 Å². The van der Waals surface area contributed by atoms with Crippen molar-refractivity contribution in [3.63, 3.8) is 0 Å². The number of thiol groups is 2. The van der Waals surface area contributed by atoms with Crippen LogP contribution in [0.15, 0.2) is 33.7 Å². The molecular formula is C33H43N4O6S2+. The molecule has 6 N–H and O–H groups in total. The van der Waals surface area contributed by atoms with Crippen molar-refractivity contribution in [3.8, 4) is 0 Å². The van der Waals surface area contributed by atoms with Crippen LogP contribution >= 0.6 is 12.6 Å². The maximum atomic E-state index is 12.7. The summed E-state index contributed by atoms with van der Waals surface area (Å²) >= 11 is 5.69. The molecule has 4 aliphatic rings. The topological polar surface area (TPSA) is 161 Å². The molecule has 5 atom stereocenters. The van der Waals surface area contributed by atoms with Crippen molar-refractivity contribution < 1.29 is 29.4 Å². The number of carbonyl (C=O) groups is 4. The number of nitrogens with one attached hydrogen (secondary N) is 4. The fourth-order valence-corrected chi connectivity index (χ4v) is 7.92. The Hall–Kier alpha value is -3.38. The number of carbonyl (C=O) groups excluding carboxylic acids is 2. The van der Waals surface area contributed by atoms with Crippen molar-refractivity contribution in [2.75, 3.05) is 11.5 Å². The molecule has 0 saturated carbocycles. The predicted octanol–water partition coefficient (Wildman–Crippen LogP) is 3.28. The van der Waals surface area contributed by atoms with Crippen molar-refractivity contribution in [3.05, 3.63) is 56.2 Å². The Bertz CT molecular complexity index is 1550. The summed E-state index contributed by atoms with van der Waals surface area (Å²) in [7, 11) is 0. The molecule has 45 heavy (non-hydrogen) atoms. The van der Waals surface area contributed by atoms with Crippen molar-refractivity contribution in [1.29, 1.82) is 0 Å². The first-order valence-electron chi connectivity index (χ1n) is 15.5. The van der Waals surface area contributed by atoms with Gasteiger partial charge in [-0.15, -0.1) is 0 Å². The molecule has 0 radical (unpaired) electrons. The molecule has 12 heteroatoms. The molecule has 1 unspecified atom stereocenters. The van der Waals surface area contributed by atoms with Crippen molar-refractivity contribution in [2.45, 2.75) is 83.6 Å². The van der Waals surface area contributed by atoms with E-state index in [0.717, 1.165) is 68.4 Å². The summed E-state index contributed by atoms with van der Waals surface area (Å²) in [5, 5.41) is 29.1. The van der Waals surface area contributed by atoms with Crippen molar-refractivity contribution in [1.82, 2.24) is 20.9 Å². The van der Waals surface area contributed by atoms with Gasteiger partial charge in [0, 0.05) is 53.5 Å². The number of hydrogen-bond donors (Lipinski definition) is 7. The number of H-pyrrole nitrogens is 1. The van der Waals surface area contributed by atoms with Gasteiger partial charge in [-0.25, -0.2) is 0 Å². The Morgan fingerprint density at radius 3 is 2.29 bits per heavy atom. The number of aromatic amines is 1. The Labute approximate surface area is 273 Å². The number of rotatable bonds is 13. The quantitative estimate of drug-likeness (QED) is 0.0976. The molecule has 4 aliphatic heterocycles. The molecule has 0 aromatic carbocycles. The summed E-state index contributed by atoms with van der Waals surface area (Å²) in [6, 6.07) is -0.198. The molecule has 1 aromatic heterocycles. The molecule has 1 aromatic rings. The number of hydrogen-bond acceptors (Lipinski definition) is 6. The third-order valence-electron chi connectivity index (χ3n) is 9.66. The number of amides is 2. The maximum Gasteiger partial charge on any atom is 0.303 e. The van der Waals surface area contributed by atoms with E-state index in [1.807, 2.05) is 39.8 Å². The molecule has 5 heterocycles. The predicted molar refractivity (Wildman–Crippen MR) is 180 cm³/mol. The van der Waals surface area contributed by atoms with Gasteiger partial charge in [-0.05, 0) is 104 Å². The summed E-state index contributed by atoms with van der Waals surface area (Å²) < 4.78 is 0. The first-order chi connectivity index (χ1) is 21.4. The lowest BCUT2D eigenvalue weighted by Crippen LogP contribution is -2.36. The van der Waals surface area contributed by atoms with Crippen LogP contribution < -0.4 is 16.0 Å². The summed E-state index contributed by atoms with van der Waals surface area (Å²) in [6.45, 7) is 7.90. The Morgan fingerprint density at radius 1 is 0.978 bits per heavy atom. The molecule has 0 bridgehead atoms. The van der Waals surface area contributed by atoms with Crippen LogP contribution in [-0.4, -0.2) is 67.8 Å². The summed E-state index contributed by atoms with van der Waals surface area (Å²) in [5.41, 5.74) is 8.86. The molecule has 2 saturated heterocycles. The van der Waals surface area contributed by atoms with Gasteiger partial charge in [-0.3, -0.25) is 19.2 Å². The summed E-state index contributed by atoms with van der Waals surface area (Å²) in [4.78, 5) is 51.9. The zero-order valence-electron chi connectivity index (χ0n) is 26.1. The lowest BCUT2D eigenvalue weighted by Gasteiger charge is -2.20. The number of aliphatic carboxylic acids is 2. The minimum Gasteiger partial charge on any atom is -0.481 e. The first-order valence-corrected chi connectivity index (χ1v) is 17.3. The second-order valence-corrected chi connectivity index (χ2v) is 14.3. The molecule has 2 fully saturated rings. The van der Waals surface area contributed by atoms with Gasteiger partial charge >= 0.3 is 11.9 Å². The monoisotopic (exact) mass is 655 g/mol. The minimum absolute atomic E-state index is 0.0148. The van der Waals surface area contributed by atoms with E-state index in [4.69, 9.17) is 0 Å². The largest absolute Gasteiger partial charge is 0.481 e. The summed E-state index contributed by atoms with van der Waals surface area (Å²) in [6.07, 6.45) is 5.86. The lowest BCUT2D eigenvalue weighted by molar-refractivity contribution is -0.138. The number of allylic oxidation sites excluding steroid dienone is 2. The Morgan fingerprint density at radius 2 is 1.64 bits per heavy atom. The third kappa shape index (κ3) is 7.06. The van der Waals surface area contributed by atoms with E-state index in [0.29, 0.717) is 30.3 Å². The normalized spacial score (nSPS) is 27.9. The number of carboxylic acids is 2. The van der Waals surface area contributed by atoms with Gasteiger partial charge < -0.3 is 31.1 Å².